The second kappa shape index (κ2) is 7.03. The van der Waals surface area contributed by atoms with Gasteiger partial charge in [-0.2, -0.15) is 8.78 Å². The van der Waals surface area contributed by atoms with E-state index in [1.54, 1.807) is 0 Å². The van der Waals surface area contributed by atoms with Crippen molar-refractivity contribution in [3.8, 4) is 0 Å². The van der Waals surface area contributed by atoms with Crippen LogP contribution in [0, 0.1) is 0 Å². The van der Waals surface area contributed by atoms with Crippen molar-refractivity contribution in [1.82, 2.24) is 10.2 Å². The van der Waals surface area contributed by atoms with Crippen molar-refractivity contribution in [2.24, 2.45) is 5.73 Å². The number of hydrogen-bond donors (Lipinski definition) is 2. The molecule has 6 nitrogen and oxygen atoms in total. The van der Waals surface area contributed by atoms with Crippen LogP contribution >= 0.6 is 0 Å². The summed E-state index contributed by atoms with van der Waals surface area (Å²) in [5, 5.41) is 2.36. The molecule has 0 radical (unpaired) electrons. The van der Waals surface area contributed by atoms with Gasteiger partial charge in [-0.3, -0.25) is 9.59 Å². The number of halogens is 4. The molecule has 122 valence electrons. The lowest BCUT2D eigenvalue weighted by atomic mass is 10.1. The Labute approximate surface area is 118 Å². The SMILES string of the molecule is CNC(=O)[C@@H]1C[C@@H](N)CN1C(=O)COCC(F)(F)C(F)F. The first-order valence-corrected chi connectivity index (χ1v) is 6.19. The van der Waals surface area contributed by atoms with Gasteiger partial charge in [-0.15, -0.1) is 0 Å². The van der Waals surface area contributed by atoms with Gasteiger partial charge in [0.25, 0.3) is 0 Å². The number of alkyl halides is 4. The molecule has 1 aliphatic rings. The number of carbonyl (C=O) groups is 2. The van der Waals surface area contributed by atoms with E-state index in [-0.39, 0.29) is 13.0 Å². The third-order valence-electron chi connectivity index (χ3n) is 3.04. The number of nitrogens with zero attached hydrogens (tertiary/aromatic N) is 1. The quantitative estimate of drug-likeness (QED) is 0.652. The first-order chi connectivity index (χ1) is 9.69. The lowest BCUT2D eigenvalue weighted by Crippen LogP contribution is -2.46. The van der Waals surface area contributed by atoms with Crippen molar-refractivity contribution in [3.05, 3.63) is 0 Å². The molecule has 1 fully saturated rings. The van der Waals surface area contributed by atoms with Crippen LogP contribution in [0.2, 0.25) is 0 Å². The number of nitrogens with one attached hydrogen (secondary N) is 1. The number of carbonyl (C=O) groups excluding carboxylic acids is 2. The maximum absolute atomic E-state index is 12.6. The highest BCUT2D eigenvalue weighted by molar-refractivity contribution is 5.88. The van der Waals surface area contributed by atoms with E-state index in [2.05, 4.69) is 10.1 Å². The number of hydrogen-bond acceptors (Lipinski definition) is 4. The Morgan fingerprint density at radius 1 is 1.48 bits per heavy atom. The third kappa shape index (κ3) is 4.53. The molecule has 10 heteroatoms. The smallest absolute Gasteiger partial charge is 0.330 e. The van der Waals surface area contributed by atoms with Gasteiger partial charge in [0.2, 0.25) is 11.8 Å². The number of likely N-dealkylation sites (N-methyl/N-ethyl adjacent to an activating group) is 1. The molecule has 0 aromatic rings. The highest BCUT2D eigenvalue weighted by Gasteiger charge is 2.42. The van der Waals surface area contributed by atoms with Crippen LogP contribution in [0.15, 0.2) is 0 Å². The summed E-state index contributed by atoms with van der Waals surface area (Å²) in [6.45, 7) is -2.31. The van der Waals surface area contributed by atoms with E-state index in [1.165, 1.54) is 7.05 Å². The van der Waals surface area contributed by atoms with Crippen molar-refractivity contribution >= 4 is 11.8 Å². The molecular weight excluding hydrogens is 298 g/mol. The minimum atomic E-state index is -4.32. The van der Waals surface area contributed by atoms with E-state index < -0.39 is 49.5 Å². The Bertz CT molecular complexity index is 395. The Morgan fingerprint density at radius 2 is 2.10 bits per heavy atom. The molecule has 0 aromatic heterocycles. The second-order valence-electron chi connectivity index (χ2n) is 4.73. The van der Waals surface area contributed by atoms with Crippen LogP contribution in [0.3, 0.4) is 0 Å². The normalized spacial score (nSPS) is 22.7. The van der Waals surface area contributed by atoms with E-state index in [4.69, 9.17) is 5.73 Å². The summed E-state index contributed by atoms with van der Waals surface area (Å²) in [7, 11) is 1.38. The van der Waals surface area contributed by atoms with Crippen LogP contribution in [0.1, 0.15) is 6.42 Å². The highest BCUT2D eigenvalue weighted by atomic mass is 19.3. The van der Waals surface area contributed by atoms with Gasteiger partial charge in [0.15, 0.2) is 0 Å². The molecule has 2 atom stereocenters. The van der Waals surface area contributed by atoms with Crippen LogP contribution in [-0.4, -0.2) is 68.0 Å². The monoisotopic (exact) mass is 315 g/mol. The van der Waals surface area contributed by atoms with Crippen LogP contribution < -0.4 is 11.1 Å². The van der Waals surface area contributed by atoms with Crippen LogP contribution in [-0.2, 0) is 14.3 Å². The predicted octanol–water partition coefficient (Wildman–Crippen LogP) is -0.422. The van der Waals surface area contributed by atoms with Gasteiger partial charge in [0.1, 0.15) is 19.3 Å². The summed E-state index contributed by atoms with van der Waals surface area (Å²) in [6, 6.07) is -1.23. The number of rotatable bonds is 6. The van der Waals surface area contributed by atoms with E-state index in [0.717, 1.165) is 4.90 Å². The molecular formula is C11H17F4N3O3. The molecule has 21 heavy (non-hydrogen) atoms. The number of likely N-dealkylation sites (tertiary alicyclic amines) is 1. The van der Waals surface area contributed by atoms with E-state index in [0.29, 0.717) is 0 Å². The van der Waals surface area contributed by atoms with Crippen molar-refractivity contribution in [3.63, 3.8) is 0 Å². The average Bonchev–Trinajstić information content (AvgIpc) is 2.79. The fraction of sp³-hybridized carbons (Fsp3) is 0.818. The van der Waals surface area contributed by atoms with Crippen molar-refractivity contribution < 1.29 is 31.9 Å². The Morgan fingerprint density at radius 3 is 2.62 bits per heavy atom. The Kier molecular flexibility index (Phi) is 5.90. The molecule has 3 N–H and O–H groups in total. The maximum Gasteiger partial charge on any atom is 0.330 e. The van der Waals surface area contributed by atoms with Gasteiger partial charge in [-0.05, 0) is 6.42 Å². The lowest BCUT2D eigenvalue weighted by molar-refractivity contribution is -0.171. The fourth-order valence-electron chi connectivity index (χ4n) is 1.98. The minimum absolute atomic E-state index is 0.0749. The van der Waals surface area contributed by atoms with E-state index in [1.807, 2.05) is 0 Å². The number of nitrogens with two attached hydrogens (primary N) is 1. The minimum Gasteiger partial charge on any atom is -0.365 e. The van der Waals surface area contributed by atoms with Gasteiger partial charge in [0, 0.05) is 19.6 Å². The molecule has 0 spiro atoms. The lowest BCUT2D eigenvalue weighted by Gasteiger charge is -2.23. The first kappa shape index (κ1) is 17.6. The fourth-order valence-corrected chi connectivity index (χ4v) is 1.98. The summed E-state index contributed by atoms with van der Waals surface area (Å²) in [5.41, 5.74) is 5.65. The molecule has 2 amide bonds. The van der Waals surface area contributed by atoms with E-state index in [9.17, 15) is 27.2 Å². The zero-order valence-electron chi connectivity index (χ0n) is 11.3. The van der Waals surface area contributed by atoms with Gasteiger partial charge in [-0.25, -0.2) is 8.78 Å². The van der Waals surface area contributed by atoms with Crippen LogP contribution in [0.5, 0.6) is 0 Å². The second-order valence-corrected chi connectivity index (χ2v) is 4.73. The largest absolute Gasteiger partial charge is 0.365 e. The molecule has 1 saturated heterocycles. The van der Waals surface area contributed by atoms with Gasteiger partial charge in [0.05, 0.1) is 0 Å². The Balaban J connectivity index is 2.53. The standard InChI is InChI=1S/C11H17F4N3O3/c1-17-9(20)7-2-6(16)3-18(7)8(19)4-21-5-11(14,15)10(12)13/h6-7,10H,2-5,16H2,1H3,(H,17,20)/t6-,7+/m1/s1. The van der Waals surface area contributed by atoms with Gasteiger partial charge >= 0.3 is 12.3 Å². The first-order valence-electron chi connectivity index (χ1n) is 6.19. The summed E-state index contributed by atoms with van der Waals surface area (Å²) in [4.78, 5) is 24.5. The van der Waals surface area contributed by atoms with E-state index >= 15 is 0 Å². The number of amides is 2. The van der Waals surface area contributed by atoms with Crippen LogP contribution in [0.4, 0.5) is 17.6 Å². The molecule has 1 heterocycles. The molecule has 1 rings (SSSR count). The molecule has 0 aliphatic carbocycles. The zero-order chi connectivity index (χ0) is 16.2. The van der Waals surface area contributed by atoms with Crippen LogP contribution in [0.25, 0.3) is 0 Å². The molecule has 0 unspecified atom stereocenters. The Hall–Kier alpha value is -1.42. The van der Waals surface area contributed by atoms with Crippen molar-refractivity contribution in [1.29, 1.82) is 0 Å². The van der Waals surface area contributed by atoms with Crippen molar-refractivity contribution in [2.75, 3.05) is 26.8 Å². The molecule has 0 bridgehead atoms. The highest BCUT2D eigenvalue weighted by Crippen LogP contribution is 2.23. The summed E-state index contributed by atoms with van der Waals surface area (Å²) in [5.74, 6) is -5.50. The topological polar surface area (TPSA) is 84.7 Å². The van der Waals surface area contributed by atoms with Gasteiger partial charge < -0.3 is 20.7 Å². The average molecular weight is 315 g/mol. The molecule has 1 aliphatic heterocycles. The summed E-state index contributed by atoms with van der Waals surface area (Å²) < 4.78 is 53.4. The zero-order valence-corrected chi connectivity index (χ0v) is 11.3. The molecule has 0 aromatic carbocycles. The maximum atomic E-state index is 12.6. The summed E-state index contributed by atoms with van der Waals surface area (Å²) >= 11 is 0. The molecule has 0 saturated carbocycles. The third-order valence-corrected chi connectivity index (χ3v) is 3.04. The number of ether oxygens (including phenoxy) is 1. The van der Waals surface area contributed by atoms with Gasteiger partial charge in [-0.1, -0.05) is 0 Å². The summed E-state index contributed by atoms with van der Waals surface area (Å²) in [6.07, 6.45) is -3.63. The predicted molar refractivity (Wildman–Crippen MR) is 63.9 cm³/mol. The van der Waals surface area contributed by atoms with Crippen molar-refractivity contribution in [2.45, 2.75) is 30.9 Å².